The van der Waals surface area contributed by atoms with Crippen molar-refractivity contribution in [3.63, 3.8) is 0 Å². The van der Waals surface area contributed by atoms with Gasteiger partial charge < -0.3 is 0 Å². The number of hydrogen-bond acceptors (Lipinski definition) is 5. The molecule has 2 aromatic rings. The first kappa shape index (κ1) is 16.5. The molecule has 0 N–H and O–H groups in total. The van der Waals surface area contributed by atoms with Crippen LogP contribution in [-0.4, -0.2) is 43.0 Å². The van der Waals surface area contributed by atoms with Crippen molar-refractivity contribution < 1.29 is 18.1 Å². The second kappa shape index (κ2) is 5.80. The highest BCUT2D eigenvalue weighted by atomic mass is 32.2. The largest absolute Gasteiger partial charge is 0.329 e. The fourth-order valence-corrected chi connectivity index (χ4v) is 5.55. The average Bonchev–Trinajstić information content (AvgIpc) is 3.04. The Morgan fingerprint density at radius 3 is 1.88 bits per heavy atom. The highest BCUT2D eigenvalue weighted by molar-refractivity contribution is 7.91. The van der Waals surface area contributed by atoms with Crippen molar-refractivity contribution in [1.29, 1.82) is 0 Å². The molecule has 0 radical (unpaired) electrons. The molecule has 8 nitrogen and oxygen atoms in total. The molecular formula is C17H15N3O5S. The molecule has 0 saturated carbocycles. The number of benzene rings is 2. The number of amides is 2. The summed E-state index contributed by atoms with van der Waals surface area (Å²) in [6.45, 7) is 0. The van der Waals surface area contributed by atoms with Crippen molar-refractivity contribution >= 4 is 32.9 Å². The van der Waals surface area contributed by atoms with Gasteiger partial charge in [-0.15, -0.1) is 0 Å². The first-order valence-electron chi connectivity index (χ1n) is 8.00. The molecule has 4 rings (SSSR count). The SMILES string of the molecule is O=C1N(c2ccccc2)[C@@H]2CS(=O)(=O)C[C@H]2N1c1ccc([N+](=O)[O-])cc1. The van der Waals surface area contributed by atoms with Crippen molar-refractivity contribution in [3.8, 4) is 0 Å². The third-order valence-electron chi connectivity index (χ3n) is 4.74. The fraction of sp³-hybridized carbons (Fsp3) is 0.235. The van der Waals surface area contributed by atoms with Crippen LogP contribution < -0.4 is 9.80 Å². The minimum absolute atomic E-state index is 0.0871. The van der Waals surface area contributed by atoms with E-state index < -0.39 is 26.8 Å². The molecule has 2 aromatic carbocycles. The average molecular weight is 373 g/mol. The van der Waals surface area contributed by atoms with E-state index in [0.29, 0.717) is 11.4 Å². The Kier molecular flexibility index (Phi) is 3.69. The Hall–Kier alpha value is -2.94. The van der Waals surface area contributed by atoms with Crippen LogP contribution in [-0.2, 0) is 9.84 Å². The molecule has 26 heavy (non-hydrogen) atoms. The highest BCUT2D eigenvalue weighted by Crippen LogP contribution is 2.38. The van der Waals surface area contributed by atoms with E-state index in [0.717, 1.165) is 0 Å². The minimum Gasteiger partial charge on any atom is -0.288 e. The van der Waals surface area contributed by atoms with Gasteiger partial charge in [-0.1, -0.05) is 18.2 Å². The smallest absolute Gasteiger partial charge is 0.288 e. The maximum Gasteiger partial charge on any atom is 0.329 e. The van der Waals surface area contributed by atoms with Crippen LogP contribution in [0.5, 0.6) is 0 Å². The van der Waals surface area contributed by atoms with Crippen LogP contribution in [0.2, 0.25) is 0 Å². The fourth-order valence-electron chi connectivity index (χ4n) is 3.63. The van der Waals surface area contributed by atoms with Crippen LogP contribution in [0.25, 0.3) is 0 Å². The van der Waals surface area contributed by atoms with E-state index in [2.05, 4.69) is 0 Å². The van der Waals surface area contributed by atoms with Gasteiger partial charge in [-0.25, -0.2) is 13.2 Å². The van der Waals surface area contributed by atoms with Crippen LogP contribution in [0.4, 0.5) is 21.9 Å². The van der Waals surface area contributed by atoms with Gasteiger partial charge in [0, 0.05) is 23.5 Å². The number of nitro groups is 1. The lowest BCUT2D eigenvalue weighted by atomic mass is 10.1. The number of sulfone groups is 1. The number of fused-ring (bicyclic) bond motifs is 1. The first-order valence-corrected chi connectivity index (χ1v) is 9.82. The Balaban J connectivity index is 1.77. The summed E-state index contributed by atoms with van der Waals surface area (Å²) in [4.78, 5) is 26.3. The maximum atomic E-state index is 13.1. The molecule has 0 bridgehead atoms. The second-order valence-corrected chi connectivity index (χ2v) is 8.50. The molecule has 2 amide bonds. The lowest BCUT2D eigenvalue weighted by Gasteiger charge is -2.22. The summed E-state index contributed by atoms with van der Waals surface area (Å²) in [7, 11) is -3.28. The Bertz CT molecular complexity index is 975. The number of para-hydroxylation sites is 1. The van der Waals surface area contributed by atoms with Gasteiger partial charge in [0.2, 0.25) is 0 Å². The third-order valence-corrected chi connectivity index (χ3v) is 6.44. The molecule has 0 unspecified atom stereocenters. The topological polar surface area (TPSA) is 101 Å². The molecule has 2 atom stereocenters. The van der Waals surface area contributed by atoms with Crippen LogP contribution in [0.15, 0.2) is 54.6 Å². The van der Waals surface area contributed by atoms with Gasteiger partial charge in [0.05, 0.1) is 28.5 Å². The Labute approximate surface area is 149 Å². The molecule has 0 spiro atoms. The summed E-state index contributed by atoms with van der Waals surface area (Å²) >= 11 is 0. The monoisotopic (exact) mass is 373 g/mol. The third kappa shape index (κ3) is 2.60. The normalized spacial score (nSPS) is 23.9. The van der Waals surface area contributed by atoms with E-state index in [4.69, 9.17) is 0 Å². The van der Waals surface area contributed by atoms with Crippen molar-refractivity contribution in [3.05, 3.63) is 64.7 Å². The van der Waals surface area contributed by atoms with Gasteiger partial charge in [-0.3, -0.25) is 19.9 Å². The van der Waals surface area contributed by atoms with Crippen molar-refractivity contribution in [2.45, 2.75) is 12.1 Å². The van der Waals surface area contributed by atoms with Crippen LogP contribution in [0.1, 0.15) is 0 Å². The van der Waals surface area contributed by atoms with Crippen LogP contribution >= 0.6 is 0 Å². The van der Waals surface area contributed by atoms with E-state index in [1.165, 1.54) is 34.1 Å². The molecule has 0 aliphatic carbocycles. The Morgan fingerprint density at radius 1 is 0.885 bits per heavy atom. The molecule has 0 aromatic heterocycles. The summed E-state index contributed by atoms with van der Waals surface area (Å²) < 4.78 is 24.4. The first-order chi connectivity index (χ1) is 12.4. The lowest BCUT2D eigenvalue weighted by Crippen LogP contribution is -2.37. The number of rotatable bonds is 3. The molecule has 2 heterocycles. The maximum absolute atomic E-state index is 13.1. The number of carbonyl (C=O) groups excluding carboxylic acids is 1. The predicted molar refractivity (Wildman–Crippen MR) is 96.1 cm³/mol. The number of non-ortho nitro benzene ring substituents is 1. The van der Waals surface area contributed by atoms with Crippen molar-refractivity contribution in [2.24, 2.45) is 0 Å². The number of anilines is 2. The zero-order chi connectivity index (χ0) is 18.5. The molecular weight excluding hydrogens is 358 g/mol. The summed E-state index contributed by atoms with van der Waals surface area (Å²) in [6.07, 6.45) is 0. The summed E-state index contributed by atoms with van der Waals surface area (Å²) in [5, 5.41) is 10.8. The van der Waals surface area contributed by atoms with Crippen molar-refractivity contribution in [2.75, 3.05) is 21.3 Å². The van der Waals surface area contributed by atoms with Crippen LogP contribution in [0.3, 0.4) is 0 Å². The van der Waals surface area contributed by atoms with E-state index in [1.54, 1.807) is 24.3 Å². The van der Waals surface area contributed by atoms with Gasteiger partial charge in [0.15, 0.2) is 9.84 Å². The van der Waals surface area contributed by atoms with E-state index in [1.807, 2.05) is 6.07 Å². The van der Waals surface area contributed by atoms with Crippen LogP contribution in [0, 0.1) is 10.1 Å². The second-order valence-electron chi connectivity index (χ2n) is 6.34. The number of nitrogens with zero attached hydrogens (tertiary/aromatic N) is 3. The van der Waals surface area contributed by atoms with Gasteiger partial charge in [0.1, 0.15) is 0 Å². The summed E-state index contributed by atoms with van der Waals surface area (Å²) in [6, 6.07) is 13.2. The van der Waals surface area contributed by atoms with E-state index >= 15 is 0 Å². The minimum atomic E-state index is -3.28. The van der Waals surface area contributed by atoms with Gasteiger partial charge in [-0.2, -0.15) is 0 Å². The molecule has 2 fully saturated rings. The summed E-state index contributed by atoms with van der Waals surface area (Å²) in [5.74, 6) is -0.217. The lowest BCUT2D eigenvalue weighted by molar-refractivity contribution is -0.384. The standard InChI is InChI=1S/C17H15N3O5S/c21-17-18(12-4-2-1-3-5-12)15-10-26(24,25)11-16(15)19(17)13-6-8-14(9-7-13)20(22)23/h1-9,15-16H,10-11H2/t15-,16-/m1/s1. The molecule has 2 saturated heterocycles. The van der Waals surface area contributed by atoms with Crippen molar-refractivity contribution in [1.82, 2.24) is 0 Å². The van der Waals surface area contributed by atoms with E-state index in [9.17, 15) is 23.3 Å². The zero-order valence-corrected chi connectivity index (χ0v) is 14.4. The molecule has 134 valence electrons. The zero-order valence-electron chi connectivity index (χ0n) is 13.6. The number of nitro benzene ring substituents is 1. The molecule has 2 aliphatic rings. The number of urea groups is 1. The number of carbonyl (C=O) groups is 1. The van der Waals surface area contributed by atoms with E-state index in [-0.39, 0.29) is 23.2 Å². The van der Waals surface area contributed by atoms with Gasteiger partial charge >= 0.3 is 6.03 Å². The Morgan fingerprint density at radius 2 is 1.38 bits per heavy atom. The highest BCUT2D eigenvalue weighted by Gasteiger charge is 2.54. The van der Waals surface area contributed by atoms with Gasteiger partial charge in [-0.05, 0) is 24.3 Å². The molecule has 9 heteroatoms. The van der Waals surface area contributed by atoms with Gasteiger partial charge in [0.25, 0.3) is 5.69 Å². The molecule has 2 aliphatic heterocycles. The number of hydrogen-bond donors (Lipinski definition) is 0. The summed E-state index contributed by atoms with van der Waals surface area (Å²) in [5.41, 5.74) is 0.996. The predicted octanol–water partition coefficient (Wildman–Crippen LogP) is 2.21. The quantitative estimate of drug-likeness (QED) is 0.466.